The van der Waals surface area contributed by atoms with Crippen molar-refractivity contribution in [1.82, 2.24) is 0 Å². The Hall–Kier alpha value is -2.87. The number of anilines is 1. The van der Waals surface area contributed by atoms with Gasteiger partial charge in [0.2, 0.25) is 0 Å². The standard InChI is InChI=1S/C21H23N3O3S/c1-21(2,3)27-20(26)16(14-23)12-18-11-15-5-6-17(13-19(15)28-18)24(9-10-25)8-4-7-22/h5-6,11-13,25H,4,8-10H2,1-3H3/b16-12+. The van der Waals surface area contributed by atoms with Crippen molar-refractivity contribution < 1.29 is 14.6 Å². The van der Waals surface area contributed by atoms with Crippen LogP contribution in [0, 0.1) is 22.7 Å². The van der Waals surface area contributed by atoms with Crippen LogP contribution in [-0.4, -0.2) is 36.4 Å². The van der Waals surface area contributed by atoms with Crippen LogP contribution in [0.1, 0.15) is 32.1 Å². The predicted octanol–water partition coefficient (Wildman–Crippen LogP) is 3.86. The molecule has 6 nitrogen and oxygen atoms in total. The molecule has 0 aliphatic heterocycles. The van der Waals surface area contributed by atoms with Gasteiger partial charge in [0.05, 0.1) is 19.1 Å². The molecular weight excluding hydrogens is 374 g/mol. The minimum absolute atomic E-state index is 0.00329. The quantitative estimate of drug-likeness (QED) is 0.433. The second-order valence-electron chi connectivity index (χ2n) is 7.16. The lowest BCUT2D eigenvalue weighted by molar-refractivity contribution is -0.149. The number of aliphatic hydroxyl groups excluding tert-OH is 1. The fourth-order valence-corrected chi connectivity index (χ4v) is 3.64. The van der Waals surface area contributed by atoms with Crippen molar-refractivity contribution in [1.29, 1.82) is 10.5 Å². The summed E-state index contributed by atoms with van der Waals surface area (Å²) in [5, 5.41) is 28.4. The highest BCUT2D eigenvalue weighted by Gasteiger charge is 2.20. The summed E-state index contributed by atoms with van der Waals surface area (Å²) in [6.45, 7) is 6.26. The van der Waals surface area contributed by atoms with Crippen molar-refractivity contribution in [3.63, 3.8) is 0 Å². The van der Waals surface area contributed by atoms with Crippen LogP contribution in [0.4, 0.5) is 5.69 Å². The second-order valence-corrected chi connectivity index (χ2v) is 8.28. The maximum Gasteiger partial charge on any atom is 0.349 e. The number of aliphatic hydroxyl groups is 1. The molecule has 0 saturated heterocycles. The number of esters is 1. The third kappa shape index (κ3) is 5.82. The van der Waals surface area contributed by atoms with Gasteiger partial charge in [0.25, 0.3) is 0 Å². The molecule has 28 heavy (non-hydrogen) atoms. The Bertz CT molecular complexity index is 958. The van der Waals surface area contributed by atoms with Crippen molar-refractivity contribution in [2.24, 2.45) is 0 Å². The average Bonchev–Trinajstić information content (AvgIpc) is 3.03. The van der Waals surface area contributed by atoms with Gasteiger partial charge in [-0.05, 0) is 50.4 Å². The number of nitrogens with zero attached hydrogens (tertiary/aromatic N) is 3. The molecule has 0 spiro atoms. The Morgan fingerprint density at radius 2 is 2.04 bits per heavy atom. The minimum Gasteiger partial charge on any atom is -0.456 e. The van der Waals surface area contributed by atoms with Gasteiger partial charge >= 0.3 is 5.97 Å². The summed E-state index contributed by atoms with van der Waals surface area (Å²) in [6.07, 6.45) is 1.91. The maximum atomic E-state index is 12.2. The van der Waals surface area contributed by atoms with Gasteiger partial charge in [-0.25, -0.2) is 4.79 Å². The van der Waals surface area contributed by atoms with E-state index in [1.54, 1.807) is 26.8 Å². The van der Waals surface area contributed by atoms with Crippen LogP contribution < -0.4 is 4.90 Å². The number of thiophene rings is 1. The van der Waals surface area contributed by atoms with Crippen LogP contribution in [0.2, 0.25) is 0 Å². The van der Waals surface area contributed by atoms with Crippen molar-refractivity contribution in [2.75, 3.05) is 24.6 Å². The maximum absolute atomic E-state index is 12.2. The molecule has 0 unspecified atom stereocenters. The van der Waals surface area contributed by atoms with Crippen LogP contribution in [0.3, 0.4) is 0 Å². The minimum atomic E-state index is -0.665. The monoisotopic (exact) mass is 397 g/mol. The summed E-state index contributed by atoms with van der Waals surface area (Å²) < 4.78 is 6.26. The van der Waals surface area contributed by atoms with Gasteiger partial charge in [0, 0.05) is 28.4 Å². The first-order valence-electron chi connectivity index (χ1n) is 8.89. The first-order valence-corrected chi connectivity index (χ1v) is 9.70. The molecule has 0 bridgehead atoms. The molecule has 0 amide bonds. The van der Waals surface area contributed by atoms with Crippen LogP contribution in [0.5, 0.6) is 0 Å². The fourth-order valence-electron chi connectivity index (χ4n) is 2.60. The number of benzene rings is 1. The highest BCUT2D eigenvalue weighted by Crippen LogP contribution is 2.31. The summed E-state index contributed by atoms with van der Waals surface area (Å²) in [7, 11) is 0. The molecule has 1 heterocycles. The Labute approximate surface area is 168 Å². The van der Waals surface area contributed by atoms with Gasteiger partial charge in [-0.3, -0.25) is 0 Å². The lowest BCUT2D eigenvalue weighted by Crippen LogP contribution is -2.27. The average molecular weight is 398 g/mol. The number of carbonyl (C=O) groups excluding carboxylic acids is 1. The molecule has 0 saturated carbocycles. The van der Waals surface area contributed by atoms with E-state index in [2.05, 4.69) is 6.07 Å². The van der Waals surface area contributed by atoms with Crippen LogP contribution in [0.15, 0.2) is 29.8 Å². The largest absolute Gasteiger partial charge is 0.456 e. The molecule has 0 atom stereocenters. The molecule has 1 aromatic heterocycles. The van der Waals surface area contributed by atoms with Gasteiger partial charge in [0.1, 0.15) is 17.2 Å². The normalized spacial score (nSPS) is 11.7. The number of carbonyl (C=O) groups is 1. The van der Waals surface area contributed by atoms with Crippen molar-refractivity contribution in [3.8, 4) is 12.1 Å². The van der Waals surface area contributed by atoms with Crippen molar-refractivity contribution in [3.05, 3.63) is 34.7 Å². The fraction of sp³-hybridized carbons (Fsp3) is 0.381. The van der Waals surface area contributed by atoms with Crippen LogP contribution >= 0.6 is 11.3 Å². The molecule has 0 aliphatic carbocycles. The molecule has 7 heteroatoms. The highest BCUT2D eigenvalue weighted by atomic mass is 32.1. The predicted molar refractivity (Wildman–Crippen MR) is 111 cm³/mol. The molecule has 2 rings (SSSR count). The Morgan fingerprint density at radius 3 is 2.64 bits per heavy atom. The zero-order valence-electron chi connectivity index (χ0n) is 16.2. The SMILES string of the molecule is CC(C)(C)OC(=O)/C(C#N)=C/c1cc2ccc(N(CCO)CCC#N)cc2s1. The van der Waals surface area contributed by atoms with Gasteiger partial charge in [-0.15, -0.1) is 11.3 Å². The van der Waals surface area contributed by atoms with Crippen LogP contribution in [0.25, 0.3) is 16.2 Å². The molecule has 0 fully saturated rings. The number of rotatable bonds is 7. The summed E-state index contributed by atoms with van der Waals surface area (Å²) in [6, 6.07) is 11.8. The molecule has 2 aromatic rings. The van der Waals surface area contributed by atoms with Crippen molar-refractivity contribution in [2.45, 2.75) is 32.8 Å². The van der Waals surface area contributed by atoms with Gasteiger partial charge in [0.15, 0.2) is 0 Å². The van der Waals surface area contributed by atoms with Gasteiger partial charge in [-0.1, -0.05) is 6.07 Å². The lowest BCUT2D eigenvalue weighted by Gasteiger charge is -2.22. The topological polar surface area (TPSA) is 97.3 Å². The molecule has 1 N–H and O–H groups in total. The van der Waals surface area contributed by atoms with E-state index in [0.717, 1.165) is 20.7 Å². The second kappa shape index (κ2) is 9.36. The number of nitriles is 2. The van der Waals surface area contributed by atoms with Gasteiger partial charge < -0.3 is 14.7 Å². The smallest absolute Gasteiger partial charge is 0.349 e. The van der Waals surface area contributed by atoms with Crippen molar-refractivity contribution >= 4 is 39.2 Å². The zero-order valence-corrected chi connectivity index (χ0v) is 17.0. The van der Waals surface area contributed by atoms with E-state index in [9.17, 15) is 15.2 Å². The van der Waals surface area contributed by atoms with E-state index in [4.69, 9.17) is 10.00 Å². The van der Waals surface area contributed by atoms with E-state index in [-0.39, 0.29) is 12.2 Å². The van der Waals surface area contributed by atoms with E-state index in [0.29, 0.717) is 19.5 Å². The zero-order chi connectivity index (χ0) is 20.7. The third-order valence-electron chi connectivity index (χ3n) is 3.78. The van der Waals surface area contributed by atoms with E-state index in [1.165, 1.54) is 11.3 Å². The summed E-state index contributed by atoms with van der Waals surface area (Å²) in [5.41, 5.74) is 0.209. The first-order chi connectivity index (χ1) is 13.3. The van der Waals surface area contributed by atoms with E-state index >= 15 is 0 Å². The van der Waals surface area contributed by atoms with Crippen LogP contribution in [-0.2, 0) is 9.53 Å². The molecule has 1 aromatic carbocycles. The summed E-state index contributed by atoms with van der Waals surface area (Å²) in [4.78, 5) is 14.9. The molecule has 0 aliphatic rings. The molecule has 0 radical (unpaired) electrons. The lowest BCUT2D eigenvalue weighted by atomic mass is 10.1. The summed E-state index contributed by atoms with van der Waals surface area (Å²) >= 11 is 1.46. The number of ether oxygens (including phenoxy) is 1. The van der Waals surface area contributed by atoms with Gasteiger partial charge in [-0.2, -0.15) is 10.5 Å². The highest BCUT2D eigenvalue weighted by molar-refractivity contribution is 7.19. The first kappa shape index (κ1) is 21.4. The van der Waals surface area contributed by atoms with E-state index in [1.807, 2.05) is 35.2 Å². The molecule has 146 valence electrons. The van der Waals surface area contributed by atoms with E-state index < -0.39 is 11.6 Å². The Balaban J connectivity index is 2.32. The summed E-state index contributed by atoms with van der Waals surface area (Å²) in [5.74, 6) is -0.640. The third-order valence-corrected chi connectivity index (χ3v) is 4.82. The number of hydrogen-bond acceptors (Lipinski definition) is 7. The number of hydrogen-bond donors (Lipinski definition) is 1. The number of fused-ring (bicyclic) bond motifs is 1. The Morgan fingerprint density at radius 1 is 1.29 bits per heavy atom. The Kier molecular flexibility index (Phi) is 7.17. The molecular formula is C21H23N3O3S.